The van der Waals surface area contributed by atoms with Crippen LogP contribution in [0.1, 0.15) is 0 Å². The lowest BCUT2D eigenvalue weighted by Gasteiger charge is -2.27. The molecule has 1 aliphatic rings. The van der Waals surface area contributed by atoms with Crippen LogP contribution in [0, 0.1) is 0 Å². The quantitative estimate of drug-likeness (QED) is 0.562. The average Bonchev–Trinajstić information content (AvgIpc) is 2.08. The lowest BCUT2D eigenvalue weighted by Crippen LogP contribution is -2.45. The number of aliphatic hydroxyl groups excluding tert-OH is 1. The lowest BCUT2D eigenvalue weighted by molar-refractivity contribution is 0.123. The molecule has 1 saturated heterocycles. The Morgan fingerprint density at radius 2 is 1.92 bits per heavy atom. The van der Waals surface area contributed by atoms with E-state index in [0.717, 1.165) is 0 Å². The lowest BCUT2D eigenvalue weighted by atomic mass is 10.3. The standard InChI is InChI=1S/C7H16N2O3S/c8-5-7(10)6-9-1-3-13(11,12)4-2-9/h7,10H,1-6,8H2/t7-/m0/s1. The summed E-state index contributed by atoms with van der Waals surface area (Å²) in [5, 5.41) is 9.22. The molecule has 0 amide bonds. The molecule has 1 heterocycles. The topological polar surface area (TPSA) is 83.6 Å². The molecule has 0 radical (unpaired) electrons. The van der Waals surface area contributed by atoms with E-state index in [1.54, 1.807) is 0 Å². The van der Waals surface area contributed by atoms with E-state index < -0.39 is 15.9 Å². The zero-order valence-electron chi connectivity index (χ0n) is 7.52. The van der Waals surface area contributed by atoms with Crippen LogP contribution in [0.15, 0.2) is 0 Å². The molecular weight excluding hydrogens is 192 g/mol. The zero-order chi connectivity index (χ0) is 9.90. The maximum atomic E-state index is 11.0. The summed E-state index contributed by atoms with van der Waals surface area (Å²) in [4.78, 5) is 1.93. The molecule has 1 rings (SSSR count). The van der Waals surface area contributed by atoms with Crippen LogP contribution < -0.4 is 5.73 Å². The fraction of sp³-hybridized carbons (Fsp3) is 1.00. The number of aliphatic hydroxyl groups is 1. The monoisotopic (exact) mass is 208 g/mol. The molecule has 1 fully saturated rings. The van der Waals surface area contributed by atoms with Crippen molar-refractivity contribution in [3.63, 3.8) is 0 Å². The van der Waals surface area contributed by atoms with E-state index in [1.807, 2.05) is 4.90 Å². The summed E-state index contributed by atoms with van der Waals surface area (Å²) in [7, 11) is -2.81. The molecule has 0 aromatic carbocycles. The van der Waals surface area contributed by atoms with Gasteiger partial charge in [0, 0.05) is 26.2 Å². The third-order valence-electron chi connectivity index (χ3n) is 2.18. The van der Waals surface area contributed by atoms with Gasteiger partial charge in [-0.25, -0.2) is 8.42 Å². The van der Waals surface area contributed by atoms with E-state index >= 15 is 0 Å². The Hall–Kier alpha value is -0.170. The summed E-state index contributed by atoms with van der Waals surface area (Å²) in [6, 6.07) is 0. The van der Waals surface area contributed by atoms with Crippen LogP contribution in [-0.4, -0.2) is 62.2 Å². The van der Waals surface area contributed by atoms with Crippen molar-refractivity contribution in [2.75, 3.05) is 37.7 Å². The van der Waals surface area contributed by atoms with Gasteiger partial charge in [0.05, 0.1) is 17.6 Å². The maximum absolute atomic E-state index is 11.0. The van der Waals surface area contributed by atoms with Gasteiger partial charge < -0.3 is 10.8 Å². The minimum atomic E-state index is -2.81. The first kappa shape index (κ1) is 10.9. The number of hydrogen-bond acceptors (Lipinski definition) is 5. The van der Waals surface area contributed by atoms with Crippen LogP contribution in [0.3, 0.4) is 0 Å². The van der Waals surface area contributed by atoms with Crippen molar-refractivity contribution in [3.05, 3.63) is 0 Å². The molecule has 0 aromatic heterocycles. The Bertz CT molecular complexity index is 238. The van der Waals surface area contributed by atoms with E-state index in [1.165, 1.54) is 0 Å². The van der Waals surface area contributed by atoms with E-state index in [-0.39, 0.29) is 18.1 Å². The van der Waals surface area contributed by atoms with Crippen molar-refractivity contribution in [2.24, 2.45) is 5.73 Å². The highest BCUT2D eigenvalue weighted by Crippen LogP contribution is 2.03. The van der Waals surface area contributed by atoms with Crippen LogP contribution in [0.2, 0.25) is 0 Å². The van der Waals surface area contributed by atoms with Crippen molar-refractivity contribution in [1.29, 1.82) is 0 Å². The van der Waals surface area contributed by atoms with Crippen molar-refractivity contribution in [3.8, 4) is 0 Å². The summed E-state index contributed by atoms with van der Waals surface area (Å²) >= 11 is 0. The van der Waals surface area contributed by atoms with Gasteiger partial charge in [0.2, 0.25) is 0 Å². The molecule has 0 bridgehead atoms. The van der Waals surface area contributed by atoms with Gasteiger partial charge in [-0.05, 0) is 0 Å². The Balaban J connectivity index is 2.33. The van der Waals surface area contributed by atoms with Gasteiger partial charge in [-0.1, -0.05) is 0 Å². The van der Waals surface area contributed by atoms with Crippen LogP contribution in [0.5, 0.6) is 0 Å². The predicted molar refractivity (Wildman–Crippen MR) is 50.2 cm³/mol. The number of nitrogens with two attached hydrogens (primary N) is 1. The summed E-state index contributed by atoms with van der Waals surface area (Å²) in [5.74, 6) is 0.397. The Labute approximate surface area is 78.4 Å². The minimum absolute atomic E-state index is 0.199. The summed E-state index contributed by atoms with van der Waals surface area (Å²) < 4.78 is 22.1. The van der Waals surface area contributed by atoms with Crippen LogP contribution in [0.4, 0.5) is 0 Å². The second kappa shape index (κ2) is 4.36. The van der Waals surface area contributed by atoms with E-state index in [2.05, 4.69) is 0 Å². The molecule has 13 heavy (non-hydrogen) atoms. The van der Waals surface area contributed by atoms with Crippen LogP contribution in [0.25, 0.3) is 0 Å². The van der Waals surface area contributed by atoms with E-state index in [0.29, 0.717) is 19.6 Å². The first-order chi connectivity index (χ1) is 6.03. The normalized spacial score (nSPS) is 25.7. The third kappa shape index (κ3) is 3.60. The highest BCUT2D eigenvalue weighted by Gasteiger charge is 2.22. The number of sulfone groups is 1. The molecule has 0 unspecified atom stereocenters. The Kier molecular flexibility index (Phi) is 3.66. The summed E-state index contributed by atoms with van der Waals surface area (Å²) in [6.45, 7) is 1.73. The molecule has 0 spiro atoms. The van der Waals surface area contributed by atoms with Gasteiger partial charge in [0.25, 0.3) is 0 Å². The van der Waals surface area contributed by atoms with Crippen LogP contribution in [-0.2, 0) is 9.84 Å². The summed E-state index contributed by atoms with van der Waals surface area (Å²) in [5.41, 5.74) is 5.25. The Morgan fingerprint density at radius 3 is 2.38 bits per heavy atom. The van der Waals surface area contributed by atoms with Crippen LogP contribution >= 0.6 is 0 Å². The highest BCUT2D eigenvalue weighted by molar-refractivity contribution is 7.91. The zero-order valence-corrected chi connectivity index (χ0v) is 8.33. The Morgan fingerprint density at radius 1 is 1.38 bits per heavy atom. The van der Waals surface area contributed by atoms with Crippen molar-refractivity contribution in [1.82, 2.24) is 4.90 Å². The first-order valence-electron chi connectivity index (χ1n) is 4.34. The number of hydrogen-bond donors (Lipinski definition) is 2. The molecule has 0 aliphatic carbocycles. The molecule has 0 saturated carbocycles. The molecule has 5 nitrogen and oxygen atoms in total. The first-order valence-corrected chi connectivity index (χ1v) is 6.16. The molecule has 6 heteroatoms. The average molecular weight is 208 g/mol. The number of β-amino-alcohol motifs (C(OH)–C–C–N with tert-alkyl or cyclic N) is 1. The molecule has 78 valence electrons. The number of rotatable bonds is 3. The van der Waals surface area contributed by atoms with E-state index in [4.69, 9.17) is 5.73 Å². The largest absolute Gasteiger partial charge is 0.390 e. The van der Waals surface area contributed by atoms with Gasteiger partial charge in [-0.3, -0.25) is 4.90 Å². The SMILES string of the molecule is NC[C@H](O)CN1CCS(=O)(=O)CC1. The van der Waals surface area contributed by atoms with Crippen molar-refractivity contribution >= 4 is 9.84 Å². The van der Waals surface area contributed by atoms with Gasteiger partial charge >= 0.3 is 0 Å². The molecule has 1 aliphatic heterocycles. The second-order valence-electron chi connectivity index (χ2n) is 3.34. The second-order valence-corrected chi connectivity index (χ2v) is 5.65. The smallest absolute Gasteiger partial charge is 0.152 e. The minimum Gasteiger partial charge on any atom is -0.390 e. The van der Waals surface area contributed by atoms with Gasteiger partial charge in [-0.2, -0.15) is 0 Å². The van der Waals surface area contributed by atoms with Gasteiger partial charge in [-0.15, -0.1) is 0 Å². The fourth-order valence-corrected chi connectivity index (χ4v) is 2.58. The van der Waals surface area contributed by atoms with Gasteiger partial charge in [0.1, 0.15) is 0 Å². The molecule has 0 aromatic rings. The molecule has 3 N–H and O–H groups in total. The predicted octanol–water partition coefficient (Wildman–Crippen LogP) is -1.96. The maximum Gasteiger partial charge on any atom is 0.152 e. The highest BCUT2D eigenvalue weighted by atomic mass is 32.2. The summed E-state index contributed by atoms with van der Waals surface area (Å²) in [6.07, 6.45) is -0.541. The van der Waals surface area contributed by atoms with E-state index in [9.17, 15) is 13.5 Å². The van der Waals surface area contributed by atoms with Crippen molar-refractivity contribution in [2.45, 2.75) is 6.10 Å². The molecule has 1 atom stereocenters. The number of nitrogens with zero attached hydrogens (tertiary/aromatic N) is 1. The fourth-order valence-electron chi connectivity index (χ4n) is 1.31. The van der Waals surface area contributed by atoms with Crippen molar-refractivity contribution < 1.29 is 13.5 Å². The third-order valence-corrected chi connectivity index (χ3v) is 3.79. The molecular formula is C7H16N2O3S. The van der Waals surface area contributed by atoms with Gasteiger partial charge in [0.15, 0.2) is 9.84 Å².